The van der Waals surface area contributed by atoms with Crippen molar-refractivity contribution in [2.24, 2.45) is 0 Å². The van der Waals surface area contributed by atoms with Gasteiger partial charge in [-0.2, -0.15) is 0 Å². The predicted octanol–water partition coefficient (Wildman–Crippen LogP) is 6.37. The van der Waals surface area contributed by atoms with Crippen molar-refractivity contribution in [2.75, 3.05) is 7.11 Å². The summed E-state index contributed by atoms with van der Waals surface area (Å²) in [5.74, 6) is 0.935. The molecule has 0 saturated heterocycles. The average Bonchev–Trinajstić information content (AvgIpc) is 3.37. The van der Waals surface area contributed by atoms with E-state index in [1.54, 1.807) is 7.11 Å². The smallest absolute Gasteiger partial charge is 0.130 e. The Morgan fingerprint density at radius 2 is 1.62 bits per heavy atom. The van der Waals surface area contributed by atoms with E-state index >= 15 is 0 Å². The summed E-state index contributed by atoms with van der Waals surface area (Å²) in [6.07, 6.45) is 2.45. The highest BCUT2D eigenvalue weighted by Crippen LogP contribution is 2.44. The number of pyridine rings is 1. The monoisotopic (exact) mass is 355 g/mol. The van der Waals surface area contributed by atoms with Gasteiger partial charge < -0.3 is 4.74 Å². The molecule has 3 rings (SSSR count). The first-order chi connectivity index (χ1) is 12.0. The van der Waals surface area contributed by atoms with E-state index in [-0.39, 0.29) is 16.6 Å². The largest absolute Gasteiger partial charge is 0.496 e. The molecule has 1 saturated carbocycles. The molecule has 1 aliphatic rings. The van der Waals surface area contributed by atoms with Crippen LogP contribution in [0.4, 0.5) is 4.39 Å². The summed E-state index contributed by atoms with van der Waals surface area (Å²) in [6, 6.07) is 7.72. The number of hydrogen-bond donors (Lipinski definition) is 0. The molecule has 0 amide bonds. The van der Waals surface area contributed by atoms with E-state index in [0.29, 0.717) is 17.2 Å². The van der Waals surface area contributed by atoms with E-state index < -0.39 is 0 Å². The zero-order valence-corrected chi connectivity index (χ0v) is 17.0. The standard InChI is InChI=1S/C23H30FNO/c1-22(2,3)17-12-16(20(26-7)13-18(17)24)15-10-11-19(14-8-9-14)25-21(15)23(4,5)6/h10-14H,8-9H2,1-7H3. The molecule has 2 nitrogen and oxygen atoms in total. The third-order valence-electron chi connectivity index (χ3n) is 5.01. The van der Waals surface area contributed by atoms with Gasteiger partial charge in [-0.15, -0.1) is 0 Å². The van der Waals surface area contributed by atoms with Crippen LogP contribution >= 0.6 is 0 Å². The van der Waals surface area contributed by atoms with Crippen LogP contribution in [0.25, 0.3) is 11.1 Å². The van der Waals surface area contributed by atoms with Crippen molar-refractivity contribution < 1.29 is 9.13 Å². The highest BCUT2D eigenvalue weighted by molar-refractivity contribution is 5.74. The molecule has 0 aliphatic heterocycles. The van der Waals surface area contributed by atoms with Gasteiger partial charge in [0.2, 0.25) is 0 Å². The number of methoxy groups -OCH3 is 1. The van der Waals surface area contributed by atoms with Crippen LogP contribution in [0.2, 0.25) is 0 Å². The second kappa shape index (κ2) is 6.37. The lowest BCUT2D eigenvalue weighted by atomic mass is 9.82. The van der Waals surface area contributed by atoms with Crippen molar-refractivity contribution in [1.82, 2.24) is 4.98 Å². The van der Waals surface area contributed by atoms with Gasteiger partial charge >= 0.3 is 0 Å². The number of benzene rings is 1. The first kappa shape index (κ1) is 18.9. The van der Waals surface area contributed by atoms with Crippen molar-refractivity contribution >= 4 is 0 Å². The lowest BCUT2D eigenvalue weighted by molar-refractivity contribution is 0.410. The predicted molar refractivity (Wildman–Crippen MR) is 106 cm³/mol. The number of ether oxygens (including phenoxy) is 1. The SMILES string of the molecule is COc1cc(F)c(C(C)(C)C)cc1-c1ccc(C2CC2)nc1C(C)(C)C. The Balaban J connectivity index is 2.25. The molecule has 2 aromatic rings. The molecule has 26 heavy (non-hydrogen) atoms. The van der Waals surface area contributed by atoms with Gasteiger partial charge in [0.1, 0.15) is 11.6 Å². The van der Waals surface area contributed by atoms with E-state index in [0.717, 1.165) is 16.8 Å². The van der Waals surface area contributed by atoms with Gasteiger partial charge in [-0.1, -0.05) is 47.6 Å². The van der Waals surface area contributed by atoms with Crippen molar-refractivity contribution in [3.63, 3.8) is 0 Å². The Morgan fingerprint density at radius 1 is 0.962 bits per heavy atom. The Kier molecular flexibility index (Phi) is 4.62. The van der Waals surface area contributed by atoms with Gasteiger partial charge in [-0.05, 0) is 36.0 Å². The van der Waals surface area contributed by atoms with Gasteiger partial charge in [0.15, 0.2) is 0 Å². The lowest BCUT2D eigenvalue weighted by Crippen LogP contribution is -2.17. The van der Waals surface area contributed by atoms with Gasteiger partial charge in [0.05, 0.1) is 12.8 Å². The molecular formula is C23H30FNO. The topological polar surface area (TPSA) is 22.1 Å². The first-order valence-electron chi connectivity index (χ1n) is 9.42. The summed E-state index contributed by atoms with van der Waals surface area (Å²) in [5, 5.41) is 0. The number of rotatable bonds is 3. The fraction of sp³-hybridized carbons (Fsp3) is 0.522. The molecule has 3 heteroatoms. The molecule has 0 bridgehead atoms. The summed E-state index contributed by atoms with van der Waals surface area (Å²) < 4.78 is 20.2. The van der Waals surface area contributed by atoms with Crippen LogP contribution in [0.5, 0.6) is 5.75 Å². The summed E-state index contributed by atoms with van der Waals surface area (Å²) in [4.78, 5) is 5.02. The van der Waals surface area contributed by atoms with Crippen LogP contribution in [0, 0.1) is 5.82 Å². The van der Waals surface area contributed by atoms with Gasteiger partial charge in [0.25, 0.3) is 0 Å². The van der Waals surface area contributed by atoms with Crippen LogP contribution in [0.3, 0.4) is 0 Å². The van der Waals surface area contributed by atoms with Gasteiger partial charge in [-0.3, -0.25) is 4.98 Å². The molecule has 0 spiro atoms. The third kappa shape index (κ3) is 3.62. The normalized spacial score (nSPS) is 15.2. The maximum atomic E-state index is 14.6. The summed E-state index contributed by atoms with van der Waals surface area (Å²) in [6.45, 7) is 12.6. The van der Waals surface area contributed by atoms with E-state index in [4.69, 9.17) is 9.72 Å². The fourth-order valence-electron chi connectivity index (χ4n) is 3.38. The molecule has 1 aromatic heterocycles. The number of halogens is 1. The van der Waals surface area contributed by atoms with Crippen LogP contribution in [-0.4, -0.2) is 12.1 Å². The Bertz CT molecular complexity index is 823. The first-order valence-corrected chi connectivity index (χ1v) is 9.42. The van der Waals surface area contributed by atoms with E-state index in [2.05, 4.69) is 32.9 Å². The van der Waals surface area contributed by atoms with E-state index in [1.165, 1.54) is 24.6 Å². The van der Waals surface area contributed by atoms with Gasteiger partial charge in [0, 0.05) is 34.2 Å². The minimum Gasteiger partial charge on any atom is -0.496 e. The average molecular weight is 355 g/mol. The summed E-state index contributed by atoms with van der Waals surface area (Å²) >= 11 is 0. The molecule has 1 aliphatic carbocycles. The molecule has 1 aromatic carbocycles. The summed E-state index contributed by atoms with van der Waals surface area (Å²) in [7, 11) is 1.60. The number of hydrogen-bond acceptors (Lipinski definition) is 2. The number of aromatic nitrogens is 1. The maximum Gasteiger partial charge on any atom is 0.130 e. The second-order valence-electron chi connectivity index (χ2n) is 9.44. The lowest BCUT2D eigenvalue weighted by Gasteiger charge is -2.26. The van der Waals surface area contributed by atoms with Gasteiger partial charge in [-0.25, -0.2) is 4.39 Å². The Labute approximate surface area is 156 Å². The molecule has 0 unspecified atom stereocenters. The zero-order valence-electron chi connectivity index (χ0n) is 17.0. The summed E-state index contributed by atoms with van der Waals surface area (Å²) in [5.41, 5.74) is 4.47. The third-order valence-corrected chi connectivity index (χ3v) is 5.01. The van der Waals surface area contributed by atoms with Crippen molar-refractivity contribution in [3.05, 3.63) is 47.0 Å². The maximum absolute atomic E-state index is 14.6. The Morgan fingerprint density at radius 3 is 2.12 bits per heavy atom. The molecular weight excluding hydrogens is 325 g/mol. The van der Waals surface area contributed by atoms with Crippen molar-refractivity contribution in [3.8, 4) is 16.9 Å². The quantitative estimate of drug-likeness (QED) is 0.638. The molecule has 0 radical (unpaired) electrons. The minimum atomic E-state index is -0.283. The number of nitrogens with zero attached hydrogens (tertiary/aromatic N) is 1. The molecule has 1 heterocycles. The van der Waals surface area contributed by atoms with E-state index in [1.807, 2.05) is 26.8 Å². The fourth-order valence-corrected chi connectivity index (χ4v) is 3.38. The zero-order chi connectivity index (χ0) is 19.3. The van der Waals surface area contributed by atoms with Crippen LogP contribution in [-0.2, 0) is 10.8 Å². The Hall–Kier alpha value is -1.90. The minimum absolute atomic E-state index is 0.110. The van der Waals surface area contributed by atoms with E-state index in [9.17, 15) is 4.39 Å². The molecule has 140 valence electrons. The molecule has 0 atom stereocenters. The highest BCUT2D eigenvalue weighted by Gasteiger charge is 2.30. The molecule has 1 fully saturated rings. The second-order valence-corrected chi connectivity index (χ2v) is 9.44. The van der Waals surface area contributed by atoms with Crippen molar-refractivity contribution in [2.45, 2.75) is 71.1 Å². The van der Waals surface area contributed by atoms with Crippen LogP contribution < -0.4 is 4.74 Å². The van der Waals surface area contributed by atoms with Crippen LogP contribution in [0.15, 0.2) is 24.3 Å². The highest BCUT2D eigenvalue weighted by atomic mass is 19.1. The van der Waals surface area contributed by atoms with Crippen molar-refractivity contribution in [1.29, 1.82) is 0 Å². The van der Waals surface area contributed by atoms with Crippen LogP contribution in [0.1, 0.15) is 77.3 Å². The molecule has 0 N–H and O–H groups in total.